The second kappa shape index (κ2) is 16.0. The number of carbonyl (C=O) groups is 1. The molecular weight excluding hydrogens is 667 g/mol. The number of H-pyrrole nitrogens is 1. The Hall–Kier alpha value is -4.92. The van der Waals surface area contributed by atoms with Gasteiger partial charge in [0, 0.05) is 6.42 Å². The highest BCUT2D eigenvalue weighted by Crippen LogP contribution is 2.39. The van der Waals surface area contributed by atoms with Gasteiger partial charge in [0.2, 0.25) is 5.95 Å². The molecule has 0 saturated carbocycles. The van der Waals surface area contributed by atoms with E-state index in [1.54, 1.807) is 22.8 Å². The summed E-state index contributed by atoms with van der Waals surface area (Å²) in [6.45, 7) is 10.7. The molecule has 3 heterocycles. The third kappa shape index (κ3) is 8.03. The molecule has 0 radical (unpaired) electrons. The van der Waals surface area contributed by atoms with Gasteiger partial charge in [-0.25, -0.2) is 4.98 Å². The quantitative estimate of drug-likeness (QED) is 0.0694. The van der Waals surface area contributed by atoms with Crippen molar-refractivity contribution in [2.75, 3.05) is 31.9 Å². The van der Waals surface area contributed by atoms with Crippen molar-refractivity contribution in [3.8, 4) is 5.75 Å². The maximum absolute atomic E-state index is 13.0. The molecule has 2 aromatic heterocycles. The van der Waals surface area contributed by atoms with Crippen molar-refractivity contribution >= 4 is 41.7 Å². The first-order valence-corrected chi connectivity index (χ1v) is 18.8. The van der Waals surface area contributed by atoms with Crippen LogP contribution in [0.25, 0.3) is 11.2 Å². The summed E-state index contributed by atoms with van der Waals surface area (Å²) < 4.78 is 32.9. The molecule has 1 unspecified atom stereocenters. The lowest BCUT2D eigenvalue weighted by Crippen LogP contribution is -2.67. The van der Waals surface area contributed by atoms with E-state index in [2.05, 4.69) is 71.9 Å². The molecular formula is C38H43N5O7Si. The summed E-state index contributed by atoms with van der Waals surface area (Å²) in [5.41, 5.74) is -0.151. The molecule has 6 rings (SSSR count). The summed E-state index contributed by atoms with van der Waals surface area (Å²) in [5, 5.41) is 4.68. The molecule has 13 heteroatoms. The molecule has 0 bridgehead atoms. The molecule has 1 aliphatic rings. The number of benzene rings is 3. The Balaban J connectivity index is 1.26. The van der Waals surface area contributed by atoms with Crippen LogP contribution in [-0.2, 0) is 23.4 Å². The molecule has 5 aromatic rings. The number of amides is 1. The molecule has 1 amide bonds. The van der Waals surface area contributed by atoms with Crippen LogP contribution in [0.15, 0.2) is 115 Å². The fourth-order valence-electron chi connectivity index (χ4n) is 6.46. The molecule has 1 fully saturated rings. The predicted octanol–water partition coefficient (Wildman–Crippen LogP) is 4.55. The van der Waals surface area contributed by atoms with Gasteiger partial charge in [0.25, 0.3) is 19.8 Å². The van der Waals surface area contributed by atoms with Gasteiger partial charge >= 0.3 is 0 Å². The normalized spacial score (nSPS) is 17.7. The molecule has 0 spiro atoms. The van der Waals surface area contributed by atoms with Crippen LogP contribution in [-0.4, -0.2) is 72.6 Å². The smallest absolute Gasteiger partial charge is 0.280 e. The Kier molecular flexibility index (Phi) is 11.2. The summed E-state index contributed by atoms with van der Waals surface area (Å²) in [6, 6.07) is 29.7. The fourth-order valence-corrected chi connectivity index (χ4v) is 11.0. The highest BCUT2D eigenvalue weighted by Gasteiger charge is 2.51. The van der Waals surface area contributed by atoms with Crippen LogP contribution in [0.4, 0.5) is 5.95 Å². The summed E-state index contributed by atoms with van der Waals surface area (Å²) in [7, 11) is -2.89. The van der Waals surface area contributed by atoms with Gasteiger partial charge < -0.3 is 23.4 Å². The van der Waals surface area contributed by atoms with Crippen LogP contribution in [0, 0.1) is 0 Å². The second-order valence-corrected chi connectivity index (χ2v) is 17.5. The third-order valence-electron chi connectivity index (χ3n) is 8.78. The highest BCUT2D eigenvalue weighted by atomic mass is 28.4. The first-order valence-electron chi connectivity index (χ1n) is 16.8. The van der Waals surface area contributed by atoms with E-state index < -0.39 is 38.2 Å². The van der Waals surface area contributed by atoms with Crippen LogP contribution < -0.4 is 26.0 Å². The van der Waals surface area contributed by atoms with Crippen LogP contribution in [0.3, 0.4) is 0 Å². The number of aromatic amines is 1. The lowest BCUT2D eigenvalue weighted by atomic mass is 10.2. The number of hydrogen-bond donors (Lipinski definition) is 2. The zero-order valence-electron chi connectivity index (χ0n) is 29.0. The maximum Gasteiger partial charge on any atom is 0.280 e. The standard InChI is InChI=1S/C38H43N5O7Si/c1-5-21-46-26-48-30-22-33(43-25-39-34-35(43)41-37(42-36(34)45)40-32(44)24-47-27-15-9-6-10-16-27)50-31(30)23-49-51(38(2,3)4,28-17-11-7-12-18-28)29-19-13-8-14-20-29/h5-20,25,30-31,33H,1,21-24,26H2,2-4H3,(H2,40,41,42,44,45)/t30?,31-,33-/m1/s1. The molecule has 2 N–H and O–H groups in total. The number of imidazole rings is 1. The monoisotopic (exact) mass is 709 g/mol. The summed E-state index contributed by atoms with van der Waals surface area (Å²) in [6.07, 6.45) is 2.04. The summed E-state index contributed by atoms with van der Waals surface area (Å²) >= 11 is 0. The summed E-state index contributed by atoms with van der Waals surface area (Å²) in [5.74, 6) is 0.0188. The van der Waals surface area contributed by atoms with Gasteiger partial charge in [-0.2, -0.15) is 4.98 Å². The van der Waals surface area contributed by atoms with Crippen molar-refractivity contribution < 1.29 is 28.2 Å². The van der Waals surface area contributed by atoms with E-state index in [0.29, 0.717) is 18.8 Å². The Morgan fingerprint density at radius 3 is 2.31 bits per heavy atom. The number of aromatic nitrogens is 4. The van der Waals surface area contributed by atoms with Crippen LogP contribution in [0.2, 0.25) is 5.04 Å². The largest absolute Gasteiger partial charge is 0.484 e. The molecule has 51 heavy (non-hydrogen) atoms. The Bertz CT molecular complexity index is 1930. The molecule has 3 atom stereocenters. The number of anilines is 1. The van der Waals surface area contributed by atoms with Crippen LogP contribution in [0.5, 0.6) is 5.75 Å². The lowest BCUT2D eigenvalue weighted by molar-refractivity contribution is -0.118. The van der Waals surface area contributed by atoms with Crippen molar-refractivity contribution in [2.45, 2.75) is 50.7 Å². The van der Waals surface area contributed by atoms with E-state index in [9.17, 15) is 9.59 Å². The van der Waals surface area contributed by atoms with Crippen molar-refractivity contribution in [3.05, 3.63) is 120 Å². The number of para-hydroxylation sites is 1. The minimum Gasteiger partial charge on any atom is -0.484 e. The Morgan fingerprint density at radius 2 is 1.69 bits per heavy atom. The van der Waals surface area contributed by atoms with Gasteiger partial charge in [-0.1, -0.05) is 106 Å². The minimum atomic E-state index is -2.89. The number of carbonyl (C=O) groups excluding carboxylic acids is 1. The zero-order chi connectivity index (χ0) is 35.8. The van der Waals surface area contributed by atoms with Gasteiger partial charge in [0.1, 0.15) is 24.9 Å². The van der Waals surface area contributed by atoms with Crippen LogP contribution >= 0.6 is 0 Å². The van der Waals surface area contributed by atoms with E-state index >= 15 is 0 Å². The van der Waals surface area contributed by atoms with Crippen molar-refractivity contribution in [3.63, 3.8) is 0 Å². The molecule has 0 aliphatic carbocycles. The molecule has 1 aliphatic heterocycles. The van der Waals surface area contributed by atoms with E-state index in [1.165, 1.54) is 6.33 Å². The first-order chi connectivity index (χ1) is 24.7. The lowest BCUT2D eigenvalue weighted by Gasteiger charge is -2.43. The summed E-state index contributed by atoms with van der Waals surface area (Å²) in [4.78, 5) is 37.2. The Morgan fingerprint density at radius 1 is 1.04 bits per heavy atom. The fraction of sp³-hybridized carbons (Fsp3) is 0.316. The average Bonchev–Trinajstić information content (AvgIpc) is 3.74. The van der Waals surface area contributed by atoms with Crippen molar-refractivity contribution in [2.24, 2.45) is 0 Å². The number of hydrogen-bond acceptors (Lipinski definition) is 9. The van der Waals surface area contributed by atoms with E-state index in [0.717, 1.165) is 10.4 Å². The van der Waals surface area contributed by atoms with E-state index in [4.69, 9.17) is 23.4 Å². The predicted molar refractivity (Wildman–Crippen MR) is 197 cm³/mol. The van der Waals surface area contributed by atoms with Crippen LogP contribution in [0.1, 0.15) is 33.4 Å². The SMILES string of the molecule is C=CCOCOC1C[C@H](n2cnc3c(=O)[nH]c(NC(=O)COc4ccccc4)nc32)O[C@@H]1CO[Si](c1ccccc1)(c1ccccc1)C(C)(C)C. The average molecular weight is 710 g/mol. The topological polar surface area (TPSA) is 139 Å². The van der Waals surface area contributed by atoms with Gasteiger partial charge in [0.05, 0.1) is 25.6 Å². The second-order valence-electron chi connectivity index (χ2n) is 13.2. The maximum atomic E-state index is 13.0. The van der Waals surface area contributed by atoms with E-state index in [1.807, 2.05) is 54.6 Å². The number of rotatable bonds is 15. The number of nitrogens with zero attached hydrogens (tertiary/aromatic N) is 3. The van der Waals surface area contributed by atoms with Crippen molar-refractivity contribution in [1.29, 1.82) is 0 Å². The Labute approximate surface area is 297 Å². The van der Waals surface area contributed by atoms with E-state index in [-0.39, 0.29) is 42.2 Å². The molecule has 1 saturated heterocycles. The third-order valence-corrected chi connectivity index (χ3v) is 13.8. The zero-order valence-corrected chi connectivity index (χ0v) is 30.0. The highest BCUT2D eigenvalue weighted by molar-refractivity contribution is 6.99. The van der Waals surface area contributed by atoms with Gasteiger partial charge in [-0.3, -0.25) is 24.5 Å². The molecule has 12 nitrogen and oxygen atoms in total. The first kappa shape index (κ1) is 35.9. The van der Waals surface area contributed by atoms with Gasteiger partial charge in [-0.15, -0.1) is 6.58 Å². The number of ether oxygens (including phenoxy) is 4. The van der Waals surface area contributed by atoms with Gasteiger partial charge in [-0.05, 0) is 27.5 Å². The number of nitrogens with one attached hydrogen (secondary N) is 2. The van der Waals surface area contributed by atoms with Crippen molar-refractivity contribution in [1.82, 2.24) is 19.5 Å². The van der Waals surface area contributed by atoms with Gasteiger partial charge in [0.15, 0.2) is 17.8 Å². The molecule has 266 valence electrons. The molecule has 3 aromatic carbocycles. The minimum absolute atomic E-state index is 0.0340. The number of fused-ring (bicyclic) bond motifs is 1.